The Hall–Kier alpha value is -0.530. The third kappa shape index (κ3) is 0.900. The van der Waals surface area contributed by atoms with Gasteiger partial charge in [0, 0.05) is 0 Å². The number of amides is 1. The smallest absolute Gasteiger partial charge is 0.222 e. The lowest BCUT2D eigenvalue weighted by Gasteiger charge is -2.55. The first-order valence-electron chi connectivity index (χ1n) is 4.87. The van der Waals surface area contributed by atoms with Crippen molar-refractivity contribution in [1.82, 2.24) is 5.32 Å². The maximum Gasteiger partial charge on any atom is 0.222 e. The van der Waals surface area contributed by atoms with Crippen molar-refractivity contribution in [2.75, 3.05) is 0 Å². The van der Waals surface area contributed by atoms with Gasteiger partial charge < -0.3 is 5.32 Å². The van der Waals surface area contributed by atoms with Crippen LogP contribution in [0.5, 0.6) is 0 Å². The highest BCUT2D eigenvalue weighted by Crippen LogP contribution is 2.49. The second kappa shape index (κ2) is 2.24. The molecule has 1 amide bonds. The van der Waals surface area contributed by atoms with Crippen molar-refractivity contribution in [3.05, 3.63) is 0 Å². The molecule has 0 aromatic carbocycles. The fraction of sp³-hybridized carbons (Fsp3) is 0.900. The van der Waals surface area contributed by atoms with Gasteiger partial charge in [0.25, 0.3) is 0 Å². The summed E-state index contributed by atoms with van der Waals surface area (Å²) in [6.07, 6.45) is 5.81. The lowest BCUT2D eigenvalue weighted by atomic mass is 9.58. The molecular weight excluding hydrogens is 150 g/mol. The van der Waals surface area contributed by atoms with Gasteiger partial charge in [0.15, 0.2) is 0 Å². The molecule has 1 atom stereocenters. The molecular formula is C10H17NO. The van der Waals surface area contributed by atoms with Crippen molar-refractivity contribution in [2.45, 2.75) is 51.5 Å². The molecule has 1 aliphatic heterocycles. The summed E-state index contributed by atoms with van der Waals surface area (Å²) in [4.78, 5) is 10.9. The monoisotopic (exact) mass is 167 g/mol. The molecule has 1 heterocycles. The average molecular weight is 167 g/mol. The minimum absolute atomic E-state index is 0.169. The van der Waals surface area contributed by atoms with Crippen LogP contribution in [0, 0.1) is 5.41 Å². The lowest BCUT2D eigenvalue weighted by molar-refractivity contribution is -0.141. The number of hydrogen-bond donors (Lipinski definition) is 1. The molecule has 0 aromatic rings. The summed E-state index contributed by atoms with van der Waals surface area (Å²) >= 11 is 0. The second-order valence-electron chi connectivity index (χ2n) is 4.90. The first-order chi connectivity index (χ1) is 5.56. The van der Waals surface area contributed by atoms with Gasteiger partial charge in [-0.1, -0.05) is 26.7 Å². The summed E-state index contributed by atoms with van der Waals surface area (Å²) in [6, 6.07) is 0. The largest absolute Gasteiger partial charge is 0.350 e. The van der Waals surface area contributed by atoms with Gasteiger partial charge >= 0.3 is 0 Å². The number of carbonyl (C=O) groups is 1. The summed E-state index contributed by atoms with van der Waals surface area (Å²) in [7, 11) is 0. The van der Waals surface area contributed by atoms with Crippen LogP contribution >= 0.6 is 0 Å². The van der Waals surface area contributed by atoms with E-state index in [1.54, 1.807) is 0 Å². The quantitative estimate of drug-likeness (QED) is 0.548. The van der Waals surface area contributed by atoms with Crippen LogP contribution < -0.4 is 5.32 Å². The van der Waals surface area contributed by atoms with Crippen molar-refractivity contribution < 1.29 is 4.79 Å². The summed E-state index contributed by atoms with van der Waals surface area (Å²) in [5.74, 6) is 0.241. The van der Waals surface area contributed by atoms with E-state index in [-0.39, 0.29) is 11.4 Å². The number of β-lactam (4-membered cyclic amide) rings is 1. The Morgan fingerprint density at radius 2 is 1.83 bits per heavy atom. The maximum atomic E-state index is 10.9. The van der Waals surface area contributed by atoms with E-state index in [9.17, 15) is 4.79 Å². The molecule has 1 N–H and O–H groups in total. The molecule has 1 spiro atoms. The SMILES string of the molecule is CC1(C)CCCCC12CC(=O)N2. The predicted molar refractivity (Wildman–Crippen MR) is 47.7 cm³/mol. The van der Waals surface area contributed by atoms with E-state index in [1.165, 1.54) is 25.7 Å². The van der Waals surface area contributed by atoms with Gasteiger partial charge in [0.05, 0.1) is 12.0 Å². The molecule has 2 aliphatic rings. The molecule has 1 unspecified atom stereocenters. The van der Waals surface area contributed by atoms with Gasteiger partial charge in [-0.15, -0.1) is 0 Å². The van der Waals surface area contributed by atoms with Crippen LogP contribution in [0.4, 0.5) is 0 Å². The summed E-state index contributed by atoms with van der Waals surface area (Å²) < 4.78 is 0. The van der Waals surface area contributed by atoms with Crippen LogP contribution in [0.15, 0.2) is 0 Å². The van der Waals surface area contributed by atoms with Crippen LogP contribution in [0.25, 0.3) is 0 Å². The molecule has 0 bridgehead atoms. The predicted octanol–water partition coefficient (Wildman–Crippen LogP) is 1.85. The van der Waals surface area contributed by atoms with Crippen molar-refractivity contribution in [3.8, 4) is 0 Å². The first-order valence-corrected chi connectivity index (χ1v) is 4.87. The van der Waals surface area contributed by atoms with E-state index in [2.05, 4.69) is 19.2 Å². The molecule has 2 nitrogen and oxygen atoms in total. The molecule has 2 heteroatoms. The average Bonchev–Trinajstić information content (AvgIpc) is 1.91. The highest BCUT2D eigenvalue weighted by Gasteiger charge is 2.54. The molecule has 2 fully saturated rings. The highest BCUT2D eigenvalue weighted by molar-refractivity contribution is 5.85. The van der Waals surface area contributed by atoms with Gasteiger partial charge in [-0.2, -0.15) is 0 Å². The summed E-state index contributed by atoms with van der Waals surface area (Å²) in [5.41, 5.74) is 0.488. The van der Waals surface area contributed by atoms with Crippen molar-refractivity contribution in [2.24, 2.45) is 5.41 Å². The number of hydrogen-bond acceptors (Lipinski definition) is 1. The van der Waals surface area contributed by atoms with Crippen molar-refractivity contribution in [3.63, 3.8) is 0 Å². The van der Waals surface area contributed by atoms with E-state index >= 15 is 0 Å². The van der Waals surface area contributed by atoms with E-state index in [0.29, 0.717) is 5.41 Å². The minimum atomic E-state index is 0.169. The fourth-order valence-electron chi connectivity index (χ4n) is 2.65. The fourth-order valence-corrected chi connectivity index (χ4v) is 2.65. The van der Waals surface area contributed by atoms with Gasteiger partial charge in [-0.3, -0.25) is 4.79 Å². The number of rotatable bonds is 0. The topological polar surface area (TPSA) is 29.1 Å². The summed E-state index contributed by atoms with van der Waals surface area (Å²) in [5, 5.41) is 3.11. The second-order valence-corrected chi connectivity index (χ2v) is 4.90. The van der Waals surface area contributed by atoms with Gasteiger partial charge in [0.2, 0.25) is 5.91 Å². The molecule has 1 saturated heterocycles. The van der Waals surface area contributed by atoms with E-state index < -0.39 is 0 Å². The molecule has 1 saturated carbocycles. The van der Waals surface area contributed by atoms with Crippen molar-refractivity contribution >= 4 is 5.91 Å². The molecule has 12 heavy (non-hydrogen) atoms. The van der Waals surface area contributed by atoms with Crippen LogP contribution in [-0.2, 0) is 4.79 Å². The van der Waals surface area contributed by atoms with Crippen LogP contribution in [0.2, 0.25) is 0 Å². The Bertz CT molecular complexity index is 212. The zero-order chi connectivity index (χ0) is 8.82. The van der Waals surface area contributed by atoms with Crippen molar-refractivity contribution in [1.29, 1.82) is 0 Å². The Labute approximate surface area is 73.7 Å². The van der Waals surface area contributed by atoms with E-state index in [0.717, 1.165) is 6.42 Å². The molecule has 68 valence electrons. The van der Waals surface area contributed by atoms with Gasteiger partial charge in [-0.05, 0) is 18.3 Å². The normalized spacial score (nSPS) is 39.0. The standard InChI is InChI=1S/C10H17NO/c1-9(2)5-3-4-6-10(9)7-8(12)11-10/h3-7H2,1-2H3,(H,11,12). The Kier molecular flexibility index (Phi) is 1.51. The third-order valence-corrected chi connectivity index (χ3v) is 3.79. The Morgan fingerprint density at radius 1 is 1.25 bits per heavy atom. The number of nitrogens with one attached hydrogen (secondary N) is 1. The van der Waals surface area contributed by atoms with E-state index in [1.807, 2.05) is 0 Å². The van der Waals surface area contributed by atoms with E-state index in [4.69, 9.17) is 0 Å². The van der Waals surface area contributed by atoms with Gasteiger partial charge in [-0.25, -0.2) is 0 Å². The lowest BCUT2D eigenvalue weighted by Crippen LogP contribution is -2.69. The first kappa shape index (κ1) is 8.09. The molecule has 2 rings (SSSR count). The number of carbonyl (C=O) groups excluding carboxylic acids is 1. The molecule has 0 aromatic heterocycles. The third-order valence-electron chi connectivity index (χ3n) is 3.79. The zero-order valence-electron chi connectivity index (χ0n) is 7.94. The highest BCUT2D eigenvalue weighted by atomic mass is 16.2. The Balaban J connectivity index is 2.17. The molecule has 1 aliphatic carbocycles. The maximum absolute atomic E-state index is 10.9. The minimum Gasteiger partial charge on any atom is -0.350 e. The van der Waals surface area contributed by atoms with Crippen LogP contribution in [-0.4, -0.2) is 11.4 Å². The molecule has 0 radical (unpaired) electrons. The van der Waals surface area contributed by atoms with Crippen LogP contribution in [0.1, 0.15) is 46.0 Å². The summed E-state index contributed by atoms with van der Waals surface area (Å²) in [6.45, 7) is 4.57. The Morgan fingerprint density at radius 3 is 2.33 bits per heavy atom. The van der Waals surface area contributed by atoms with Gasteiger partial charge in [0.1, 0.15) is 0 Å². The van der Waals surface area contributed by atoms with Crippen LogP contribution in [0.3, 0.4) is 0 Å². The zero-order valence-corrected chi connectivity index (χ0v) is 7.94.